The second kappa shape index (κ2) is 4.19. The summed E-state index contributed by atoms with van der Waals surface area (Å²) < 4.78 is 5.59. The fraction of sp³-hybridized carbons (Fsp3) is 0.286. The Kier molecular flexibility index (Phi) is 2.52. The van der Waals surface area contributed by atoms with E-state index in [1.165, 1.54) is 5.56 Å². The molecule has 1 aliphatic carbocycles. The van der Waals surface area contributed by atoms with Crippen molar-refractivity contribution in [3.63, 3.8) is 0 Å². The van der Waals surface area contributed by atoms with Gasteiger partial charge in [-0.1, -0.05) is 30.3 Å². The van der Waals surface area contributed by atoms with Crippen LogP contribution in [-0.2, 0) is 0 Å². The van der Waals surface area contributed by atoms with E-state index in [4.69, 9.17) is 9.68 Å². The van der Waals surface area contributed by atoms with Crippen molar-refractivity contribution in [2.75, 3.05) is 12.4 Å². The van der Waals surface area contributed by atoms with Crippen LogP contribution < -0.4 is 5.32 Å². The normalized spacial score (nSPS) is 21.3. The maximum absolute atomic E-state index is 8.94. The molecule has 0 saturated heterocycles. The Morgan fingerprint density at radius 1 is 1.33 bits per heavy atom. The molecule has 0 spiro atoms. The molecule has 4 heteroatoms. The minimum atomic E-state index is 0.307. The van der Waals surface area contributed by atoms with Crippen molar-refractivity contribution in [2.24, 2.45) is 0 Å². The van der Waals surface area contributed by atoms with E-state index in [1.807, 2.05) is 24.3 Å². The van der Waals surface area contributed by atoms with Crippen LogP contribution in [0.2, 0.25) is 0 Å². The van der Waals surface area contributed by atoms with Crippen molar-refractivity contribution >= 4 is 5.88 Å². The molecule has 1 aliphatic rings. The van der Waals surface area contributed by atoms with E-state index >= 15 is 0 Å². The number of nitrogens with one attached hydrogen (secondary N) is 1. The number of rotatable bonds is 3. The van der Waals surface area contributed by atoms with Crippen molar-refractivity contribution in [1.82, 2.24) is 4.98 Å². The van der Waals surface area contributed by atoms with Crippen molar-refractivity contribution in [3.05, 3.63) is 47.5 Å². The first kappa shape index (κ1) is 10.8. The minimum absolute atomic E-state index is 0.307. The molecule has 3 rings (SSSR count). The average Bonchev–Trinajstić information content (AvgIpc) is 3.12. The van der Waals surface area contributed by atoms with Gasteiger partial charge in [-0.2, -0.15) is 5.26 Å². The molecule has 1 saturated carbocycles. The van der Waals surface area contributed by atoms with Gasteiger partial charge in [0.25, 0.3) is 0 Å². The van der Waals surface area contributed by atoms with Crippen LogP contribution in [0.1, 0.15) is 35.4 Å². The molecule has 90 valence electrons. The summed E-state index contributed by atoms with van der Waals surface area (Å²) in [6.45, 7) is 0. The number of nitriles is 1. The maximum atomic E-state index is 8.94. The molecule has 1 N–H and O–H groups in total. The van der Waals surface area contributed by atoms with Crippen LogP contribution in [0.3, 0.4) is 0 Å². The monoisotopic (exact) mass is 239 g/mol. The number of nitrogens with zero attached hydrogens (tertiary/aromatic N) is 2. The molecule has 4 nitrogen and oxygen atoms in total. The second-order valence-electron chi connectivity index (χ2n) is 4.45. The van der Waals surface area contributed by atoms with E-state index in [0.717, 1.165) is 6.42 Å². The van der Waals surface area contributed by atoms with Gasteiger partial charge in [-0.3, -0.25) is 0 Å². The van der Waals surface area contributed by atoms with Crippen molar-refractivity contribution in [3.8, 4) is 6.07 Å². The summed E-state index contributed by atoms with van der Waals surface area (Å²) in [4.78, 5) is 4.25. The molecule has 0 radical (unpaired) electrons. The molecule has 1 aromatic carbocycles. The number of anilines is 1. The van der Waals surface area contributed by atoms with Gasteiger partial charge in [-0.25, -0.2) is 4.98 Å². The molecular weight excluding hydrogens is 226 g/mol. The van der Waals surface area contributed by atoms with Crippen LogP contribution >= 0.6 is 0 Å². The fourth-order valence-electron chi connectivity index (χ4n) is 2.28. The SMILES string of the molecule is CNc1oc([C@@H]2C[C@H]2c2ccccc2)nc1C#N. The smallest absolute Gasteiger partial charge is 0.231 e. The molecule has 1 heterocycles. The largest absolute Gasteiger partial charge is 0.424 e. The molecule has 2 atom stereocenters. The van der Waals surface area contributed by atoms with Crippen LogP contribution in [0.5, 0.6) is 0 Å². The standard InChI is InChI=1S/C14H13N3O/c1-16-14-12(8-15)17-13(18-14)11-7-10(11)9-5-3-2-4-6-9/h2-6,10-11,16H,7H2,1H3/t10-,11+/m0/s1. The third-order valence-corrected chi connectivity index (χ3v) is 3.31. The summed E-state index contributed by atoms with van der Waals surface area (Å²) in [6.07, 6.45) is 1.04. The Morgan fingerprint density at radius 3 is 2.72 bits per heavy atom. The lowest BCUT2D eigenvalue weighted by molar-refractivity contribution is 0.507. The Bertz CT molecular complexity index is 597. The van der Waals surface area contributed by atoms with Gasteiger partial charge in [-0.05, 0) is 17.9 Å². The van der Waals surface area contributed by atoms with Crippen molar-refractivity contribution < 1.29 is 4.42 Å². The van der Waals surface area contributed by atoms with Gasteiger partial charge in [0, 0.05) is 13.0 Å². The lowest BCUT2D eigenvalue weighted by Gasteiger charge is -1.97. The fourth-order valence-corrected chi connectivity index (χ4v) is 2.28. The highest BCUT2D eigenvalue weighted by Gasteiger charge is 2.43. The average molecular weight is 239 g/mol. The Morgan fingerprint density at radius 2 is 2.11 bits per heavy atom. The first-order chi connectivity index (χ1) is 8.83. The number of benzene rings is 1. The highest BCUT2D eigenvalue weighted by atomic mass is 16.4. The third kappa shape index (κ3) is 1.74. The Labute approximate surface area is 105 Å². The summed E-state index contributed by atoms with van der Waals surface area (Å²) in [6, 6.07) is 12.4. The van der Waals surface area contributed by atoms with E-state index in [9.17, 15) is 0 Å². The number of hydrogen-bond donors (Lipinski definition) is 1. The van der Waals surface area contributed by atoms with Gasteiger partial charge in [0.05, 0.1) is 0 Å². The molecule has 0 amide bonds. The van der Waals surface area contributed by atoms with E-state index in [2.05, 4.69) is 22.4 Å². The van der Waals surface area contributed by atoms with Crippen LogP contribution in [0.4, 0.5) is 5.88 Å². The third-order valence-electron chi connectivity index (χ3n) is 3.31. The highest BCUT2D eigenvalue weighted by Crippen LogP contribution is 2.54. The van der Waals surface area contributed by atoms with Gasteiger partial charge >= 0.3 is 0 Å². The van der Waals surface area contributed by atoms with Crippen LogP contribution in [0.25, 0.3) is 0 Å². The molecule has 0 bridgehead atoms. The first-order valence-electron chi connectivity index (χ1n) is 5.97. The van der Waals surface area contributed by atoms with Gasteiger partial charge < -0.3 is 9.73 Å². The first-order valence-corrected chi connectivity index (χ1v) is 5.97. The van der Waals surface area contributed by atoms with Gasteiger partial charge in [0.1, 0.15) is 6.07 Å². The summed E-state index contributed by atoms with van der Waals surface area (Å²) in [5.74, 6) is 1.92. The van der Waals surface area contributed by atoms with Crippen LogP contribution in [0, 0.1) is 11.3 Å². The minimum Gasteiger partial charge on any atom is -0.424 e. The topological polar surface area (TPSA) is 61.9 Å². The predicted octanol–water partition coefficient (Wildman–Crippen LogP) is 2.86. The van der Waals surface area contributed by atoms with E-state index in [-0.39, 0.29) is 0 Å². The van der Waals surface area contributed by atoms with E-state index < -0.39 is 0 Å². The van der Waals surface area contributed by atoms with Crippen LogP contribution in [0.15, 0.2) is 34.7 Å². The summed E-state index contributed by atoms with van der Waals surface area (Å²) in [5.41, 5.74) is 1.65. The number of aromatic nitrogens is 1. The molecule has 0 unspecified atom stereocenters. The van der Waals surface area contributed by atoms with Crippen molar-refractivity contribution in [2.45, 2.75) is 18.3 Å². The van der Waals surface area contributed by atoms with E-state index in [1.54, 1.807) is 7.05 Å². The Balaban J connectivity index is 1.83. The second-order valence-corrected chi connectivity index (χ2v) is 4.45. The molecule has 1 fully saturated rings. The maximum Gasteiger partial charge on any atom is 0.231 e. The van der Waals surface area contributed by atoms with Gasteiger partial charge in [0.15, 0.2) is 0 Å². The Hall–Kier alpha value is -2.28. The summed E-state index contributed by atoms with van der Waals surface area (Å²) in [5, 5.41) is 11.8. The molecule has 18 heavy (non-hydrogen) atoms. The molecule has 2 aromatic rings. The zero-order valence-corrected chi connectivity index (χ0v) is 10.1. The molecule has 0 aliphatic heterocycles. The zero-order valence-electron chi connectivity index (χ0n) is 10.1. The van der Waals surface area contributed by atoms with Crippen molar-refractivity contribution in [1.29, 1.82) is 5.26 Å². The van der Waals surface area contributed by atoms with Crippen LogP contribution in [-0.4, -0.2) is 12.0 Å². The lowest BCUT2D eigenvalue weighted by Crippen LogP contribution is -1.87. The summed E-state index contributed by atoms with van der Waals surface area (Å²) >= 11 is 0. The quantitative estimate of drug-likeness (QED) is 0.894. The molecular formula is C14H13N3O. The van der Waals surface area contributed by atoms with Gasteiger partial charge in [-0.15, -0.1) is 0 Å². The zero-order chi connectivity index (χ0) is 12.5. The van der Waals surface area contributed by atoms with Gasteiger partial charge in [0.2, 0.25) is 17.5 Å². The highest BCUT2D eigenvalue weighted by molar-refractivity contribution is 5.46. The predicted molar refractivity (Wildman–Crippen MR) is 67.3 cm³/mol. The lowest BCUT2D eigenvalue weighted by atomic mass is 10.1. The number of hydrogen-bond acceptors (Lipinski definition) is 4. The molecule has 1 aromatic heterocycles. The van der Waals surface area contributed by atoms with E-state index in [0.29, 0.717) is 29.3 Å². The summed E-state index contributed by atoms with van der Waals surface area (Å²) in [7, 11) is 1.73. The number of oxazole rings is 1.